The molecule has 0 aliphatic carbocycles. The summed E-state index contributed by atoms with van der Waals surface area (Å²) in [5.74, 6) is -0.414. The summed E-state index contributed by atoms with van der Waals surface area (Å²) >= 11 is 0. The zero-order valence-electron chi connectivity index (χ0n) is 22.0. The molecule has 0 aliphatic rings. The molecule has 3 N–H and O–H groups in total. The molecule has 2 atom stereocenters. The van der Waals surface area contributed by atoms with Gasteiger partial charge in [0.1, 0.15) is 6.10 Å². The Morgan fingerprint density at radius 3 is 1.92 bits per heavy atom. The molecule has 0 saturated carbocycles. The number of phosphoric acid groups is 1. The average Bonchev–Trinajstić information content (AvgIpc) is 2.85. The summed E-state index contributed by atoms with van der Waals surface area (Å²) in [6, 6.07) is 0. The summed E-state index contributed by atoms with van der Waals surface area (Å²) in [7, 11) is -4.25. The second kappa shape index (κ2) is 24.9. The van der Waals surface area contributed by atoms with Crippen molar-refractivity contribution in [3.63, 3.8) is 0 Å². The largest absolute Gasteiger partial charge is 0.472 e. The Balaban J connectivity index is 4.09. The van der Waals surface area contributed by atoms with Crippen LogP contribution in [0.5, 0.6) is 0 Å². The van der Waals surface area contributed by atoms with Crippen molar-refractivity contribution in [3.8, 4) is 0 Å². The first-order chi connectivity index (χ1) is 17.4. The van der Waals surface area contributed by atoms with E-state index in [1.54, 1.807) is 0 Å². The second-order valence-corrected chi connectivity index (χ2v) is 9.27. The molecule has 0 heterocycles. The summed E-state index contributed by atoms with van der Waals surface area (Å²) in [5, 5.41) is 0. The normalized spacial score (nSPS) is 15.1. The van der Waals surface area contributed by atoms with E-state index in [4.69, 9.17) is 19.7 Å². The lowest BCUT2D eigenvalue weighted by Gasteiger charge is -2.19. The highest BCUT2D eigenvalue weighted by Crippen LogP contribution is 2.43. The number of esters is 1. The maximum atomic E-state index is 11.8. The van der Waals surface area contributed by atoms with Crippen LogP contribution < -0.4 is 5.73 Å². The molecule has 0 radical (unpaired) electrons. The van der Waals surface area contributed by atoms with Crippen molar-refractivity contribution in [1.29, 1.82) is 0 Å². The number of hydrogen-bond acceptors (Lipinski definition) is 7. The van der Waals surface area contributed by atoms with Crippen LogP contribution in [0.1, 0.15) is 65.2 Å². The van der Waals surface area contributed by atoms with Crippen LogP contribution in [0.4, 0.5) is 0 Å². The van der Waals surface area contributed by atoms with Crippen LogP contribution >= 0.6 is 7.82 Å². The van der Waals surface area contributed by atoms with Crippen molar-refractivity contribution < 1.29 is 32.8 Å². The first kappa shape index (κ1) is 34.2. The molecule has 2 unspecified atom stereocenters. The minimum absolute atomic E-state index is 0.0526. The summed E-state index contributed by atoms with van der Waals surface area (Å²) in [6.45, 7) is 4.13. The molecule has 206 valence electrons. The van der Waals surface area contributed by atoms with Crippen molar-refractivity contribution in [2.24, 2.45) is 5.73 Å². The standard InChI is InChI=1S/C27H46NO7P/c1-3-5-6-7-8-9-10-11-12-13-14-15-16-17-18-19-22-32-24-26(35-27(29)20-4-2)25-34-36(30,31)33-23-21-28/h5-6,8-9,11-12,14-15,17-18,26H,3-4,7,10,13,16,19-25,28H2,1-2H3,(H,30,31)/b6-5-,9-8-,12-11-,15-14-,18-17-. The fraction of sp³-hybridized carbons (Fsp3) is 0.593. The lowest BCUT2D eigenvalue weighted by atomic mass is 10.2. The van der Waals surface area contributed by atoms with Crippen LogP contribution in [0, 0.1) is 0 Å². The van der Waals surface area contributed by atoms with Gasteiger partial charge in [-0.2, -0.15) is 0 Å². The van der Waals surface area contributed by atoms with Gasteiger partial charge in [-0.15, -0.1) is 0 Å². The molecule has 0 fully saturated rings. The molecule has 0 amide bonds. The highest BCUT2D eigenvalue weighted by molar-refractivity contribution is 7.47. The zero-order valence-corrected chi connectivity index (χ0v) is 22.9. The molecule has 9 heteroatoms. The smallest absolute Gasteiger partial charge is 0.457 e. The number of allylic oxidation sites excluding steroid dienone is 9. The van der Waals surface area contributed by atoms with Gasteiger partial charge in [-0.05, 0) is 44.9 Å². The fourth-order valence-electron chi connectivity index (χ4n) is 2.68. The first-order valence-electron chi connectivity index (χ1n) is 12.8. The summed E-state index contributed by atoms with van der Waals surface area (Å²) in [4.78, 5) is 21.4. The predicted octanol–water partition coefficient (Wildman–Crippen LogP) is 5.95. The third-order valence-electron chi connectivity index (χ3n) is 4.44. The van der Waals surface area contributed by atoms with Crippen molar-refractivity contribution >= 4 is 13.8 Å². The maximum absolute atomic E-state index is 11.8. The Bertz CT molecular complexity index is 732. The maximum Gasteiger partial charge on any atom is 0.472 e. The van der Waals surface area contributed by atoms with E-state index >= 15 is 0 Å². The first-order valence-corrected chi connectivity index (χ1v) is 14.3. The third kappa shape index (κ3) is 23.9. The zero-order chi connectivity index (χ0) is 26.7. The van der Waals surface area contributed by atoms with Gasteiger partial charge in [-0.1, -0.05) is 74.6 Å². The van der Waals surface area contributed by atoms with E-state index in [2.05, 4.69) is 66.1 Å². The minimum atomic E-state index is -4.25. The molecule has 0 bridgehead atoms. The molecule has 0 aromatic rings. The van der Waals surface area contributed by atoms with E-state index in [0.29, 0.717) is 19.4 Å². The number of nitrogens with two attached hydrogens (primary N) is 1. The van der Waals surface area contributed by atoms with Gasteiger partial charge in [0.05, 0.1) is 26.4 Å². The molecular weight excluding hydrogens is 481 g/mol. The highest BCUT2D eigenvalue weighted by atomic mass is 31.2. The highest BCUT2D eigenvalue weighted by Gasteiger charge is 2.24. The van der Waals surface area contributed by atoms with Crippen LogP contribution in [0.25, 0.3) is 0 Å². The monoisotopic (exact) mass is 527 g/mol. The summed E-state index contributed by atoms with van der Waals surface area (Å²) in [5.41, 5.74) is 5.25. The molecule has 0 aliphatic heterocycles. The van der Waals surface area contributed by atoms with Crippen molar-refractivity contribution in [2.75, 3.05) is 33.0 Å². The van der Waals surface area contributed by atoms with Crippen molar-refractivity contribution in [2.45, 2.75) is 71.3 Å². The van der Waals surface area contributed by atoms with E-state index in [0.717, 1.165) is 32.1 Å². The Kier molecular flexibility index (Phi) is 23.6. The summed E-state index contributed by atoms with van der Waals surface area (Å²) < 4.78 is 32.2. The molecular formula is C27H46NO7P. The van der Waals surface area contributed by atoms with Crippen molar-refractivity contribution in [1.82, 2.24) is 0 Å². The molecule has 0 aromatic carbocycles. The Hall–Kier alpha value is -1.80. The number of rotatable bonds is 23. The van der Waals surface area contributed by atoms with E-state index in [-0.39, 0.29) is 32.8 Å². The van der Waals surface area contributed by atoms with Gasteiger partial charge in [0.15, 0.2) is 0 Å². The molecule has 0 spiro atoms. The Labute approximate surface area is 217 Å². The van der Waals surface area contributed by atoms with Gasteiger partial charge in [0, 0.05) is 13.0 Å². The number of phosphoric ester groups is 1. The number of carbonyl (C=O) groups excluding carboxylic acids is 1. The van der Waals surface area contributed by atoms with E-state index in [1.165, 1.54) is 0 Å². The van der Waals surface area contributed by atoms with Crippen LogP contribution in [-0.2, 0) is 27.9 Å². The quantitative estimate of drug-likeness (QED) is 0.0725. The molecule has 36 heavy (non-hydrogen) atoms. The molecule has 0 rings (SSSR count). The van der Waals surface area contributed by atoms with Gasteiger partial charge in [0.25, 0.3) is 0 Å². The SMILES string of the molecule is CC/C=C\C/C=C\C/C=C\C/C=C\C/C=C\CCOCC(COP(=O)(O)OCCN)OC(=O)CCC. The molecule has 8 nitrogen and oxygen atoms in total. The second-order valence-electron chi connectivity index (χ2n) is 7.82. The van der Waals surface area contributed by atoms with E-state index in [9.17, 15) is 14.3 Å². The average molecular weight is 528 g/mol. The van der Waals surface area contributed by atoms with Gasteiger partial charge in [-0.3, -0.25) is 13.8 Å². The van der Waals surface area contributed by atoms with Gasteiger partial charge in [0.2, 0.25) is 0 Å². The number of carbonyl (C=O) groups is 1. The number of hydrogen-bond donors (Lipinski definition) is 2. The van der Waals surface area contributed by atoms with Crippen molar-refractivity contribution in [3.05, 3.63) is 60.8 Å². The lowest BCUT2D eigenvalue weighted by molar-refractivity contribution is -0.154. The molecule has 0 saturated heterocycles. The number of ether oxygens (including phenoxy) is 2. The Morgan fingerprint density at radius 1 is 0.833 bits per heavy atom. The predicted molar refractivity (Wildman–Crippen MR) is 145 cm³/mol. The van der Waals surface area contributed by atoms with E-state index < -0.39 is 19.9 Å². The molecule has 0 aromatic heterocycles. The van der Waals surface area contributed by atoms with Crippen LogP contribution in [0.15, 0.2) is 60.8 Å². The van der Waals surface area contributed by atoms with Gasteiger partial charge in [-0.25, -0.2) is 4.57 Å². The fourth-order valence-corrected chi connectivity index (χ4v) is 3.45. The summed E-state index contributed by atoms with van der Waals surface area (Å²) in [6.07, 6.45) is 27.0. The van der Waals surface area contributed by atoms with Gasteiger partial charge < -0.3 is 20.1 Å². The van der Waals surface area contributed by atoms with Crippen LogP contribution in [-0.4, -0.2) is 49.9 Å². The van der Waals surface area contributed by atoms with Crippen LogP contribution in [0.2, 0.25) is 0 Å². The Morgan fingerprint density at radius 2 is 1.39 bits per heavy atom. The lowest BCUT2D eigenvalue weighted by Crippen LogP contribution is -2.28. The van der Waals surface area contributed by atoms with E-state index in [1.807, 2.05) is 13.0 Å². The van der Waals surface area contributed by atoms with Crippen LogP contribution in [0.3, 0.4) is 0 Å². The topological polar surface area (TPSA) is 117 Å². The van der Waals surface area contributed by atoms with Gasteiger partial charge >= 0.3 is 13.8 Å². The third-order valence-corrected chi connectivity index (χ3v) is 5.42. The minimum Gasteiger partial charge on any atom is -0.457 e.